The second-order valence-electron chi connectivity index (χ2n) is 5.49. The van der Waals surface area contributed by atoms with E-state index in [-0.39, 0.29) is 18.9 Å². The molecule has 0 bridgehead atoms. The summed E-state index contributed by atoms with van der Waals surface area (Å²) in [5.41, 5.74) is 0.00137. The molecule has 0 aliphatic rings. The molecule has 0 aliphatic heterocycles. The molecule has 0 aromatic heterocycles. The summed E-state index contributed by atoms with van der Waals surface area (Å²) < 4.78 is 5.05. The third-order valence-corrected chi connectivity index (χ3v) is 3.70. The molecule has 118 valence electrons. The van der Waals surface area contributed by atoms with Crippen LogP contribution in [0.15, 0.2) is 30.3 Å². The predicted octanol–water partition coefficient (Wildman–Crippen LogP) is 1.08. The molecule has 0 heterocycles. The third-order valence-electron chi connectivity index (χ3n) is 3.70. The first-order valence-electron chi connectivity index (χ1n) is 7.10. The van der Waals surface area contributed by atoms with Gasteiger partial charge in [-0.15, -0.1) is 0 Å². The van der Waals surface area contributed by atoms with Gasteiger partial charge in [0, 0.05) is 6.42 Å². The van der Waals surface area contributed by atoms with E-state index in [4.69, 9.17) is 20.1 Å². The monoisotopic (exact) mass is 296 g/mol. The number of rotatable bonds is 9. The van der Waals surface area contributed by atoms with Crippen LogP contribution in [0.2, 0.25) is 0 Å². The molecule has 0 spiro atoms. The van der Waals surface area contributed by atoms with Crippen LogP contribution in [-0.4, -0.2) is 47.7 Å². The zero-order valence-electron chi connectivity index (χ0n) is 12.4. The molecule has 0 aliphatic carbocycles. The Morgan fingerprint density at radius 3 is 2.24 bits per heavy atom. The van der Waals surface area contributed by atoms with Gasteiger partial charge in [-0.3, -0.25) is 4.79 Å². The highest BCUT2D eigenvalue weighted by Gasteiger charge is 2.30. The third kappa shape index (κ3) is 5.46. The summed E-state index contributed by atoms with van der Waals surface area (Å²) >= 11 is 0. The van der Waals surface area contributed by atoms with Crippen molar-refractivity contribution in [1.29, 1.82) is 0 Å². The number of benzene rings is 1. The average Bonchev–Trinajstić information content (AvgIpc) is 2.55. The molecule has 5 heteroatoms. The van der Waals surface area contributed by atoms with Crippen molar-refractivity contribution in [2.75, 3.05) is 26.4 Å². The van der Waals surface area contributed by atoms with E-state index < -0.39 is 31.2 Å². The first-order valence-corrected chi connectivity index (χ1v) is 7.10. The molecular formula is C16H24O5. The Morgan fingerprint density at radius 1 is 1.14 bits per heavy atom. The summed E-state index contributed by atoms with van der Waals surface area (Å²) in [6.07, 6.45) is 0.918. The number of hydrogen-bond donors (Lipinski definition) is 3. The smallest absolute Gasteiger partial charge is 0.305 e. The van der Waals surface area contributed by atoms with Gasteiger partial charge in [-0.2, -0.15) is 0 Å². The lowest BCUT2D eigenvalue weighted by Gasteiger charge is -2.26. The van der Waals surface area contributed by atoms with E-state index in [2.05, 4.69) is 0 Å². The molecule has 0 saturated heterocycles. The summed E-state index contributed by atoms with van der Waals surface area (Å²) in [7, 11) is 0. The first-order chi connectivity index (χ1) is 10.1. The van der Waals surface area contributed by atoms with Gasteiger partial charge in [-0.25, -0.2) is 0 Å². The lowest BCUT2D eigenvalue weighted by Crippen LogP contribution is -2.39. The molecule has 1 rings (SSSR count). The van der Waals surface area contributed by atoms with Gasteiger partial charge in [0.05, 0.1) is 25.2 Å². The Morgan fingerprint density at radius 2 is 1.71 bits per heavy atom. The summed E-state index contributed by atoms with van der Waals surface area (Å²) in [5.74, 6) is -0.144. The molecule has 21 heavy (non-hydrogen) atoms. The maximum absolute atomic E-state index is 11.7. The second-order valence-corrected chi connectivity index (χ2v) is 5.49. The highest BCUT2D eigenvalue weighted by Crippen LogP contribution is 2.21. The van der Waals surface area contributed by atoms with Gasteiger partial charge < -0.3 is 20.1 Å². The number of esters is 1. The summed E-state index contributed by atoms with van der Waals surface area (Å²) in [6, 6.07) is 9.90. The molecular weight excluding hydrogens is 272 g/mol. The van der Waals surface area contributed by atoms with Crippen LogP contribution < -0.4 is 0 Å². The fourth-order valence-corrected chi connectivity index (χ4v) is 1.88. The standard InChI is InChI=1S/C16H24O5/c1-13(14-5-3-2-4-6-14)7-8-15(20)21-12-16(9-17,10-18)11-19/h2-6,13,17-19H,7-12H2,1H3. The van der Waals surface area contributed by atoms with Gasteiger partial charge in [0.1, 0.15) is 6.61 Å². The van der Waals surface area contributed by atoms with Crippen LogP contribution in [0.3, 0.4) is 0 Å². The summed E-state index contributed by atoms with van der Waals surface area (Å²) in [6.45, 7) is 0.548. The van der Waals surface area contributed by atoms with Gasteiger partial charge >= 0.3 is 5.97 Å². The quantitative estimate of drug-likeness (QED) is 0.594. The maximum Gasteiger partial charge on any atom is 0.305 e. The Labute approximate surface area is 125 Å². The zero-order chi connectivity index (χ0) is 15.7. The van der Waals surface area contributed by atoms with Crippen LogP contribution in [0.5, 0.6) is 0 Å². The van der Waals surface area contributed by atoms with Crippen molar-refractivity contribution in [3.05, 3.63) is 35.9 Å². The normalized spacial score (nSPS) is 13.0. The van der Waals surface area contributed by atoms with Gasteiger partial charge in [-0.05, 0) is 17.9 Å². The Balaban J connectivity index is 2.37. The fraction of sp³-hybridized carbons (Fsp3) is 0.562. The van der Waals surface area contributed by atoms with Gasteiger partial charge in [0.15, 0.2) is 0 Å². The number of aliphatic hydroxyl groups excluding tert-OH is 3. The van der Waals surface area contributed by atoms with Crippen LogP contribution in [0.4, 0.5) is 0 Å². The number of carbonyl (C=O) groups excluding carboxylic acids is 1. The van der Waals surface area contributed by atoms with Gasteiger partial charge in [0.25, 0.3) is 0 Å². The number of hydrogen-bond acceptors (Lipinski definition) is 5. The molecule has 1 aromatic rings. The van der Waals surface area contributed by atoms with Crippen LogP contribution >= 0.6 is 0 Å². The lowest BCUT2D eigenvalue weighted by atomic mass is 9.92. The van der Waals surface area contributed by atoms with Crippen molar-refractivity contribution in [2.24, 2.45) is 5.41 Å². The molecule has 0 saturated carbocycles. The van der Waals surface area contributed by atoms with Crippen molar-refractivity contribution in [2.45, 2.75) is 25.7 Å². The van der Waals surface area contributed by atoms with E-state index >= 15 is 0 Å². The van der Waals surface area contributed by atoms with E-state index in [1.54, 1.807) is 0 Å². The molecule has 1 unspecified atom stereocenters. The number of aliphatic hydroxyl groups is 3. The maximum atomic E-state index is 11.7. The predicted molar refractivity (Wildman–Crippen MR) is 78.7 cm³/mol. The first kappa shape index (κ1) is 17.6. The lowest BCUT2D eigenvalue weighted by molar-refractivity contribution is -0.151. The van der Waals surface area contributed by atoms with Gasteiger partial charge in [-0.1, -0.05) is 37.3 Å². The molecule has 1 atom stereocenters. The molecule has 0 fully saturated rings. The van der Waals surface area contributed by atoms with Crippen LogP contribution in [0, 0.1) is 5.41 Å². The van der Waals surface area contributed by atoms with Crippen molar-refractivity contribution in [1.82, 2.24) is 0 Å². The van der Waals surface area contributed by atoms with Crippen molar-refractivity contribution >= 4 is 5.97 Å². The molecule has 5 nitrogen and oxygen atoms in total. The van der Waals surface area contributed by atoms with Crippen molar-refractivity contribution in [3.63, 3.8) is 0 Å². The summed E-state index contributed by atoms with van der Waals surface area (Å²) in [4.78, 5) is 11.7. The van der Waals surface area contributed by atoms with Crippen LogP contribution in [-0.2, 0) is 9.53 Å². The van der Waals surface area contributed by atoms with E-state index in [0.29, 0.717) is 6.42 Å². The van der Waals surface area contributed by atoms with E-state index in [9.17, 15) is 4.79 Å². The SMILES string of the molecule is CC(CCC(=O)OCC(CO)(CO)CO)c1ccccc1. The van der Waals surface area contributed by atoms with Crippen molar-refractivity contribution < 1.29 is 24.9 Å². The molecule has 1 aromatic carbocycles. The number of carbonyl (C=O) groups is 1. The Hall–Kier alpha value is -1.43. The molecule has 0 amide bonds. The summed E-state index contributed by atoms with van der Waals surface area (Å²) in [5, 5.41) is 27.4. The minimum Gasteiger partial charge on any atom is -0.465 e. The highest BCUT2D eigenvalue weighted by molar-refractivity contribution is 5.69. The Bertz CT molecular complexity index is 406. The number of ether oxygens (including phenoxy) is 1. The van der Waals surface area contributed by atoms with Crippen molar-refractivity contribution in [3.8, 4) is 0 Å². The molecule has 0 radical (unpaired) electrons. The highest BCUT2D eigenvalue weighted by atomic mass is 16.5. The molecule has 3 N–H and O–H groups in total. The van der Waals surface area contributed by atoms with E-state index in [1.807, 2.05) is 37.3 Å². The second kappa shape index (κ2) is 8.77. The van der Waals surface area contributed by atoms with Gasteiger partial charge in [0.2, 0.25) is 0 Å². The fourth-order valence-electron chi connectivity index (χ4n) is 1.88. The van der Waals surface area contributed by atoms with E-state index in [0.717, 1.165) is 0 Å². The zero-order valence-corrected chi connectivity index (χ0v) is 12.4. The topological polar surface area (TPSA) is 87.0 Å². The van der Waals surface area contributed by atoms with Crippen LogP contribution in [0.1, 0.15) is 31.2 Å². The van der Waals surface area contributed by atoms with Crippen LogP contribution in [0.25, 0.3) is 0 Å². The minimum atomic E-state index is -1.17. The Kier molecular flexibility index (Phi) is 7.36. The minimum absolute atomic E-state index is 0.185. The largest absolute Gasteiger partial charge is 0.465 e. The van der Waals surface area contributed by atoms with E-state index in [1.165, 1.54) is 5.56 Å². The average molecular weight is 296 g/mol.